The molecule has 0 amide bonds. The zero-order valence-electron chi connectivity index (χ0n) is 10.4. The number of halogens is 1. The number of esters is 1. The van der Waals surface area contributed by atoms with Gasteiger partial charge in [0.1, 0.15) is 6.61 Å². The average Bonchev–Trinajstić information content (AvgIpc) is 2.41. The van der Waals surface area contributed by atoms with E-state index in [-0.39, 0.29) is 6.61 Å². The summed E-state index contributed by atoms with van der Waals surface area (Å²) >= 11 is 3.30. The summed E-state index contributed by atoms with van der Waals surface area (Å²) in [5, 5.41) is 0. The lowest BCUT2D eigenvalue weighted by molar-refractivity contribution is 0.0467. The van der Waals surface area contributed by atoms with Gasteiger partial charge in [0.15, 0.2) is 0 Å². The molecule has 5 heteroatoms. The number of hydrogen-bond acceptors (Lipinski definition) is 4. The Hall–Kier alpha value is -1.88. The second kappa shape index (κ2) is 5.84. The summed E-state index contributed by atoms with van der Waals surface area (Å²) in [6, 6.07) is 8.83. The molecule has 1 heterocycles. The Labute approximate surface area is 119 Å². The summed E-state index contributed by atoms with van der Waals surface area (Å²) in [6.07, 6.45) is 1.66. The van der Waals surface area contributed by atoms with Gasteiger partial charge in [-0.25, -0.2) is 4.79 Å². The zero-order chi connectivity index (χ0) is 13.8. The van der Waals surface area contributed by atoms with Crippen molar-refractivity contribution < 1.29 is 9.53 Å². The number of carbonyl (C=O) groups excluding carboxylic acids is 1. The van der Waals surface area contributed by atoms with Gasteiger partial charge in [-0.05, 0) is 52.7 Å². The number of ether oxygens (including phenoxy) is 1. The molecule has 0 aliphatic carbocycles. The van der Waals surface area contributed by atoms with E-state index in [0.717, 1.165) is 10.0 Å². The SMILES string of the molecule is Cc1c(N)cccc1C(=O)OCc1ccc(Br)cn1. The number of aromatic nitrogens is 1. The minimum Gasteiger partial charge on any atom is -0.456 e. The highest BCUT2D eigenvalue weighted by atomic mass is 79.9. The van der Waals surface area contributed by atoms with Gasteiger partial charge >= 0.3 is 5.97 Å². The highest BCUT2D eigenvalue weighted by Crippen LogP contribution is 2.17. The number of nitrogens with two attached hydrogens (primary N) is 1. The van der Waals surface area contributed by atoms with Crippen LogP contribution in [-0.4, -0.2) is 11.0 Å². The first-order valence-corrected chi connectivity index (χ1v) is 6.50. The average molecular weight is 321 g/mol. The van der Waals surface area contributed by atoms with E-state index in [1.807, 2.05) is 6.07 Å². The predicted molar refractivity (Wildman–Crippen MR) is 76.6 cm³/mol. The summed E-state index contributed by atoms with van der Waals surface area (Å²) in [4.78, 5) is 16.1. The second-order valence-corrected chi connectivity index (χ2v) is 4.98. The van der Waals surface area contributed by atoms with Crippen LogP contribution in [0.4, 0.5) is 5.69 Å². The fraction of sp³-hybridized carbons (Fsp3) is 0.143. The molecule has 2 aromatic rings. The van der Waals surface area contributed by atoms with Crippen molar-refractivity contribution in [2.75, 3.05) is 5.73 Å². The van der Waals surface area contributed by atoms with Crippen molar-refractivity contribution in [3.8, 4) is 0 Å². The molecule has 2 N–H and O–H groups in total. The Morgan fingerprint density at radius 1 is 1.37 bits per heavy atom. The van der Waals surface area contributed by atoms with E-state index in [1.165, 1.54) is 0 Å². The first-order chi connectivity index (χ1) is 9.08. The van der Waals surface area contributed by atoms with Gasteiger partial charge in [0.05, 0.1) is 11.3 Å². The first-order valence-electron chi connectivity index (χ1n) is 5.70. The molecule has 0 atom stereocenters. The number of carbonyl (C=O) groups is 1. The van der Waals surface area contributed by atoms with Crippen LogP contribution in [0.2, 0.25) is 0 Å². The summed E-state index contributed by atoms with van der Waals surface area (Å²) in [5.41, 5.74) is 8.25. The Morgan fingerprint density at radius 3 is 2.84 bits per heavy atom. The Kier molecular flexibility index (Phi) is 4.16. The van der Waals surface area contributed by atoms with Gasteiger partial charge in [-0.1, -0.05) is 6.07 Å². The molecule has 4 nitrogen and oxygen atoms in total. The monoisotopic (exact) mass is 320 g/mol. The molecule has 2 rings (SSSR count). The van der Waals surface area contributed by atoms with Crippen molar-refractivity contribution in [3.05, 3.63) is 57.8 Å². The topological polar surface area (TPSA) is 65.2 Å². The molecule has 0 unspecified atom stereocenters. The normalized spacial score (nSPS) is 10.2. The minimum absolute atomic E-state index is 0.139. The highest BCUT2D eigenvalue weighted by molar-refractivity contribution is 9.10. The van der Waals surface area contributed by atoms with Crippen LogP contribution in [-0.2, 0) is 11.3 Å². The van der Waals surface area contributed by atoms with Gasteiger partial charge in [-0.15, -0.1) is 0 Å². The molecule has 0 saturated heterocycles. The van der Waals surface area contributed by atoms with Crippen LogP contribution in [0, 0.1) is 6.92 Å². The van der Waals surface area contributed by atoms with E-state index >= 15 is 0 Å². The van der Waals surface area contributed by atoms with Crippen LogP contribution >= 0.6 is 15.9 Å². The summed E-state index contributed by atoms with van der Waals surface area (Å²) in [7, 11) is 0. The van der Waals surface area contributed by atoms with Crippen molar-refractivity contribution in [3.63, 3.8) is 0 Å². The molecule has 0 spiro atoms. The first kappa shape index (κ1) is 13.5. The third-order valence-corrected chi connectivity index (χ3v) is 3.20. The van der Waals surface area contributed by atoms with Gasteiger partial charge in [0, 0.05) is 16.4 Å². The number of hydrogen-bond donors (Lipinski definition) is 1. The lowest BCUT2D eigenvalue weighted by Gasteiger charge is -2.08. The number of anilines is 1. The van der Waals surface area contributed by atoms with E-state index in [9.17, 15) is 4.79 Å². The molecule has 0 bridgehead atoms. The van der Waals surface area contributed by atoms with Crippen LogP contribution in [0.5, 0.6) is 0 Å². The van der Waals surface area contributed by atoms with Crippen molar-refractivity contribution in [2.45, 2.75) is 13.5 Å². The molecule has 0 saturated carbocycles. The molecule has 19 heavy (non-hydrogen) atoms. The number of nitrogen functional groups attached to an aromatic ring is 1. The van der Waals surface area contributed by atoms with Crippen LogP contribution in [0.15, 0.2) is 41.0 Å². The molecule has 0 aliphatic rings. The second-order valence-electron chi connectivity index (χ2n) is 4.06. The van der Waals surface area contributed by atoms with E-state index in [2.05, 4.69) is 20.9 Å². The Morgan fingerprint density at radius 2 is 2.16 bits per heavy atom. The smallest absolute Gasteiger partial charge is 0.338 e. The van der Waals surface area contributed by atoms with E-state index in [0.29, 0.717) is 16.9 Å². The van der Waals surface area contributed by atoms with Gasteiger partial charge < -0.3 is 10.5 Å². The van der Waals surface area contributed by atoms with E-state index < -0.39 is 5.97 Å². The van der Waals surface area contributed by atoms with Crippen LogP contribution in [0.1, 0.15) is 21.6 Å². The molecular weight excluding hydrogens is 308 g/mol. The van der Waals surface area contributed by atoms with E-state index in [1.54, 1.807) is 37.4 Å². The minimum atomic E-state index is -0.394. The molecule has 1 aromatic heterocycles. The number of rotatable bonds is 3. The van der Waals surface area contributed by atoms with Crippen LogP contribution < -0.4 is 5.73 Å². The molecular formula is C14H13BrN2O2. The quantitative estimate of drug-likeness (QED) is 0.697. The summed E-state index contributed by atoms with van der Waals surface area (Å²) in [6.45, 7) is 1.93. The highest BCUT2D eigenvalue weighted by Gasteiger charge is 2.12. The Balaban J connectivity index is 2.05. The lowest BCUT2D eigenvalue weighted by atomic mass is 10.1. The standard InChI is InChI=1S/C14H13BrN2O2/c1-9-12(3-2-4-13(9)16)14(18)19-8-11-6-5-10(15)7-17-11/h2-7H,8,16H2,1H3. The Bertz CT molecular complexity index is 597. The maximum Gasteiger partial charge on any atom is 0.338 e. The fourth-order valence-corrected chi connectivity index (χ4v) is 1.82. The van der Waals surface area contributed by atoms with E-state index in [4.69, 9.17) is 10.5 Å². The van der Waals surface area contributed by atoms with Gasteiger partial charge in [-0.3, -0.25) is 4.98 Å². The maximum atomic E-state index is 11.9. The van der Waals surface area contributed by atoms with Crippen LogP contribution in [0.3, 0.4) is 0 Å². The fourth-order valence-electron chi connectivity index (χ4n) is 1.58. The lowest BCUT2D eigenvalue weighted by Crippen LogP contribution is -2.09. The van der Waals surface area contributed by atoms with Gasteiger partial charge in [0.2, 0.25) is 0 Å². The van der Waals surface area contributed by atoms with Crippen molar-refractivity contribution >= 4 is 27.6 Å². The summed E-state index contributed by atoms with van der Waals surface area (Å²) in [5.74, 6) is -0.394. The third-order valence-electron chi connectivity index (χ3n) is 2.74. The predicted octanol–water partition coefficient (Wildman–Crippen LogP) is 3.09. The third kappa shape index (κ3) is 3.32. The molecule has 0 aliphatic heterocycles. The van der Waals surface area contributed by atoms with Gasteiger partial charge in [-0.2, -0.15) is 0 Å². The van der Waals surface area contributed by atoms with Gasteiger partial charge in [0.25, 0.3) is 0 Å². The summed E-state index contributed by atoms with van der Waals surface area (Å²) < 4.78 is 6.10. The van der Waals surface area contributed by atoms with Crippen molar-refractivity contribution in [2.24, 2.45) is 0 Å². The largest absolute Gasteiger partial charge is 0.456 e. The zero-order valence-corrected chi connectivity index (χ0v) is 12.0. The molecule has 98 valence electrons. The van der Waals surface area contributed by atoms with Crippen molar-refractivity contribution in [1.82, 2.24) is 4.98 Å². The molecule has 0 radical (unpaired) electrons. The number of pyridine rings is 1. The maximum absolute atomic E-state index is 11.9. The molecule has 0 fully saturated rings. The molecule has 1 aromatic carbocycles. The number of benzene rings is 1. The van der Waals surface area contributed by atoms with Crippen molar-refractivity contribution in [1.29, 1.82) is 0 Å². The van der Waals surface area contributed by atoms with Crippen LogP contribution in [0.25, 0.3) is 0 Å². The number of nitrogens with zero attached hydrogens (tertiary/aromatic N) is 1.